The lowest BCUT2D eigenvalue weighted by Gasteiger charge is -2.29. The molecule has 0 unspecified atom stereocenters. The number of anilines is 1. The minimum absolute atomic E-state index is 0.0729. The average Bonchev–Trinajstić information content (AvgIpc) is 2.44. The Balaban J connectivity index is 2.35. The van der Waals surface area contributed by atoms with Gasteiger partial charge in [0, 0.05) is 26.1 Å². The third-order valence-corrected chi connectivity index (χ3v) is 3.85. The fourth-order valence-corrected chi connectivity index (χ4v) is 2.56. The van der Waals surface area contributed by atoms with E-state index in [4.69, 9.17) is 14.2 Å². The quantitative estimate of drug-likeness (QED) is 0.352. The van der Waals surface area contributed by atoms with E-state index >= 15 is 0 Å². The summed E-state index contributed by atoms with van der Waals surface area (Å²) in [6.45, 7) is 2.79. The summed E-state index contributed by atoms with van der Waals surface area (Å²) >= 11 is 0. The van der Waals surface area contributed by atoms with Crippen LogP contribution in [0.2, 0.25) is 0 Å². The van der Waals surface area contributed by atoms with Crippen molar-refractivity contribution in [2.45, 2.75) is 24.5 Å². The lowest BCUT2D eigenvalue weighted by molar-refractivity contribution is -0.222. The zero-order valence-electron chi connectivity index (χ0n) is 13.0. The SMILES string of the molecule is COc1ccc(NC=C2C(=O)OC(C)(C)OC2=O)c(S(=O)(=O)O)c1. The first-order chi connectivity index (χ1) is 11.0. The second-order valence-electron chi connectivity index (χ2n) is 5.22. The van der Waals surface area contributed by atoms with Crippen molar-refractivity contribution in [3.05, 3.63) is 30.0 Å². The first-order valence-corrected chi connectivity index (χ1v) is 8.06. The molecule has 0 amide bonds. The number of benzene rings is 1. The number of rotatable bonds is 4. The summed E-state index contributed by atoms with van der Waals surface area (Å²) in [7, 11) is -3.24. The van der Waals surface area contributed by atoms with Gasteiger partial charge in [-0.1, -0.05) is 0 Å². The third-order valence-electron chi connectivity index (χ3n) is 2.96. The van der Waals surface area contributed by atoms with Crippen LogP contribution in [0, 0.1) is 0 Å². The molecule has 0 aromatic heterocycles. The average molecular weight is 357 g/mol. The van der Waals surface area contributed by atoms with Crippen LogP contribution in [-0.2, 0) is 29.2 Å². The van der Waals surface area contributed by atoms with Gasteiger partial charge >= 0.3 is 11.9 Å². The highest BCUT2D eigenvalue weighted by Gasteiger charge is 2.39. The van der Waals surface area contributed by atoms with E-state index in [2.05, 4.69) is 5.32 Å². The highest BCUT2D eigenvalue weighted by atomic mass is 32.2. The fraction of sp³-hybridized carbons (Fsp3) is 0.286. The molecule has 1 aromatic carbocycles. The van der Waals surface area contributed by atoms with E-state index in [9.17, 15) is 22.6 Å². The van der Waals surface area contributed by atoms with Crippen molar-refractivity contribution >= 4 is 27.7 Å². The van der Waals surface area contributed by atoms with Crippen LogP contribution in [-0.4, -0.2) is 37.8 Å². The topological polar surface area (TPSA) is 128 Å². The maximum Gasteiger partial charge on any atom is 0.350 e. The Kier molecular flexibility index (Phi) is 4.54. The molecular weight excluding hydrogens is 342 g/mol. The minimum atomic E-state index is -4.57. The van der Waals surface area contributed by atoms with Gasteiger partial charge in [0.25, 0.3) is 15.9 Å². The Hall–Kier alpha value is -2.59. The molecule has 1 aliphatic rings. The zero-order valence-corrected chi connectivity index (χ0v) is 13.8. The molecule has 0 radical (unpaired) electrons. The molecule has 2 rings (SSSR count). The van der Waals surface area contributed by atoms with Gasteiger partial charge in [-0.2, -0.15) is 8.42 Å². The number of nitrogens with one attached hydrogen (secondary N) is 1. The second-order valence-corrected chi connectivity index (χ2v) is 6.61. The van der Waals surface area contributed by atoms with Crippen molar-refractivity contribution in [1.29, 1.82) is 0 Å². The van der Waals surface area contributed by atoms with Gasteiger partial charge in [-0.3, -0.25) is 4.55 Å². The Morgan fingerprint density at radius 1 is 1.21 bits per heavy atom. The molecule has 0 atom stereocenters. The molecule has 0 aliphatic carbocycles. The van der Waals surface area contributed by atoms with E-state index < -0.39 is 38.3 Å². The molecule has 0 spiro atoms. The van der Waals surface area contributed by atoms with Crippen LogP contribution in [0.5, 0.6) is 5.75 Å². The van der Waals surface area contributed by atoms with Crippen molar-refractivity contribution in [2.75, 3.05) is 12.4 Å². The monoisotopic (exact) mass is 357 g/mol. The predicted molar refractivity (Wildman–Crippen MR) is 80.8 cm³/mol. The lowest BCUT2D eigenvalue weighted by atomic mass is 10.2. The molecule has 1 saturated heterocycles. The smallest absolute Gasteiger partial charge is 0.350 e. The first kappa shape index (κ1) is 17.8. The zero-order chi connectivity index (χ0) is 18.1. The maximum absolute atomic E-state index is 11.8. The number of ether oxygens (including phenoxy) is 3. The van der Waals surface area contributed by atoms with Crippen molar-refractivity contribution in [3.63, 3.8) is 0 Å². The summed E-state index contributed by atoms with van der Waals surface area (Å²) in [5.41, 5.74) is -0.525. The van der Waals surface area contributed by atoms with Gasteiger partial charge in [-0.25, -0.2) is 9.59 Å². The van der Waals surface area contributed by atoms with E-state index in [0.29, 0.717) is 0 Å². The van der Waals surface area contributed by atoms with Crippen molar-refractivity contribution < 1.29 is 36.8 Å². The summed E-state index contributed by atoms with van der Waals surface area (Å²) in [4.78, 5) is 23.1. The van der Waals surface area contributed by atoms with Gasteiger partial charge in [0.1, 0.15) is 10.6 Å². The van der Waals surface area contributed by atoms with Crippen LogP contribution in [0.25, 0.3) is 0 Å². The molecule has 2 N–H and O–H groups in total. The van der Waals surface area contributed by atoms with Crippen LogP contribution < -0.4 is 10.1 Å². The Morgan fingerprint density at radius 3 is 2.29 bits per heavy atom. The van der Waals surface area contributed by atoms with E-state index in [0.717, 1.165) is 12.3 Å². The molecule has 0 bridgehead atoms. The van der Waals surface area contributed by atoms with Crippen molar-refractivity contribution in [3.8, 4) is 5.75 Å². The molecule has 130 valence electrons. The Bertz CT molecular complexity index is 803. The molecule has 1 heterocycles. The van der Waals surface area contributed by atoms with Crippen LogP contribution in [0.15, 0.2) is 34.9 Å². The summed E-state index contributed by atoms with van der Waals surface area (Å²) < 4.78 is 46.8. The molecule has 10 heteroatoms. The van der Waals surface area contributed by atoms with E-state index in [1.807, 2.05) is 0 Å². The summed E-state index contributed by atoms with van der Waals surface area (Å²) in [6.07, 6.45) is 0.941. The normalized spacial score (nSPS) is 16.9. The molecule has 1 aromatic rings. The lowest BCUT2D eigenvalue weighted by Crippen LogP contribution is -2.42. The Morgan fingerprint density at radius 2 is 1.79 bits per heavy atom. The number of esters is 2. The Labute approximate surface area is 137 Å². The van der Waals surface area contributed by atoms with Gasteiger partial charge in [-0.15, -0.1) is 0 Å². The van der Waals surface area contributed by atoms with Gasteiger partial charge in [0.05, 0.1) is 12.8 Å². The maximum atomic E-state index is 11.8. The first-order valence-electron chi connectivity index (χ1n) is 6.62. The van der Waals surface area contributed by atoms with Crippen LogP contribution in [0.1, 0.15) is 13.8 Å². The van der Waals surface area contributed by atoms with Crippen LogP contribution in [0.3, 0.4) is 0 Å². The molecule has 0 saturated carbocycles. The van der Waals surface area contributed by atoms with Gasteiger partial charge < -0.3 is 19.5 Å². The van der Waals surface area contributed by atoms with E-state index in [1.165, 1.54) is 33.1 Å². The number of cyclic esters (lactones) is 2. The van der Waals surface area contributed by atoms with Crippen molar-refractivity contribution in [1.82, 2.24) is 0 Å². The molecular formula is C14H15NO8S. The second kappa shape index (κ2) is 6.13. The van der Waals surface area contributed by atoms with Gasteiger partial charge in [-0.05, 0) is 12.1 Å². The fourth-order valence-electron chi connectivity index (χ4n) is 1.89. The highest BCUT2D eigenvalue weighted by molar-refractivity contribution is 7.86. The summed E-state index contributed by atoms with van der Waals surface area (Å²) in [5.74, 6) is -3.04. The van der Waals surface area contributed by atoms with Crippen LogP contribution >= 0.6 is 0 Å². The predicted octanol–water partition coefficient (Wildman–Crippen LogP) is 1.07. The molecule has 1 aliphatic heterocycles. The largest absolute Gasteiger partial charge is 0.497 e. The van der Waals surface area contributed by atoms with E-state index in [1.54, 1.807) is 0 Å². The number of carbonyl (C=O) groups excluding carboxylic acids is 2. The summed E-state index contributed by atoms with van der Waals surface area (Å²) in [6, 6.07) is 3.80. The molecule has 1 fully saturated rings. The number of hydrogen-bond acceptors (Lipinski definition) is 8. The third kappa shape index (κ3) is 3.84. The minimum Gasteiger partial charge on any atom is -0.497 e. The van der Waals surface area contributed by atoms with Gasteiger partial charge in [0.2, 0.25) is 0 Å². The number of methoxy groups -OCH3 is 1. The van der Waals surface area contributed by atoms with E-state index in [-0.39, 0.29) is 11.4 Å². The highest BCUT2D eigenvalue weighted by Crippen LogP contribution is 2.27. The standard InChI is InChI=1S/C14H15NO8S/c1-14(2)22-12(16)9(13(17)23-14)7-15-10-5-4-8(21-3)6-11(10)24(18,19)20/h4-7,15H,1-3H3,(H,18,19,20). The molecule has 24 heavy (non-hydrogen) atoms. The molecule has 9 nitrogen and oxygen atoms in total. The van der Waals surface area contributed by atoms with Crippen LogP contribution in [0.4, 0.5) is 5.69 Å². The summed E-state index contributed by atoms with van der Waals surface area (Å²) in [5, 5.41) is 2.47. The number of carbonyl (C=O) groups is 2. The van der Waals surface area contributed by atoms with Gasteiger partial charge in [0.15, 0.2) is 5.57 Å². The van der Waals surface area contributed by atoms with Crippen molar-refractivity contribution in [2.24, 2.45) is 0 Å². The number of hydrogen-bond donors (Lipinski definition) is 2.